The van der Waals surface area contributed by atoms with Crippen molar-refractivity contribution < 1.29 is 9.72 Å². The maximum atomic E-state index is 11.9. The second-order valence-electron chi connectivity index (χ2n) is 5.11. The standard InChI is InChI=1S/C12H19N5O3.ClH/c13-5-9-3-1-2-4-11(9)15-12(18)8-16-7-10(6-14-16)17(19)20;/h6-7,9,11H,1-5,8,13H2,(H,15,18);1H. The molecule has 0 spiro atoms. The Morgan fingerprint density at radius 3 is 2.86 bits per heavy atom. The Balaban J connectivity index is 0.00000220. The lowest BCUT2D eigenvalue weighted by atomic mass is 9.84. The summed E-state index contributed by atoms with van der Waals surface area (Å²) in [6.45, 7) is 0.555. The number of carbonyl (C=O) groups excluding carboxylic acids is 1. The van der Waals surface area contributed by atoms with E-state index in [1.807, 2.05) is 0 Å². The largest absolute Gasteiger partial charge is 0.351 e. The summed E-state index contributed by atoms with van der Waals surface area (Å²) in [5.41, 5.74) is 5.60. The summed E-state index contributed by atoms with van der Waals surface area (Å²) < 4.78 is 1.27. The summed E-state index contributed by atoms with van der Waals surface area (Å²) in [4.78, 5) is 21.9. The molecule has 9 heteroatoms. The summed E-state index contributed by atoms with van der Waals surface area (Å²) in [5.74, 6) is 0.132. The highest BCUT2D eigenvalue weighted by molar-refractivity contribution is 5.85. The molecule has 1 aliphatic carbocycles. The van der Waals surface area contributed by atoms with Crippen molar-refractivity contribution in [1.82, 2.24) is 15.1 Å². The van der Waals surface area contributed by atoms with E-state index in [1.165, 1.54) is 10.9 Å². The Kier molecular flexibility index (Phi) is 6.57. The van der Waals surface area contributed by atoms with Crippen molar-refractivity contribution in [3.63, 3.8) is 0 Å². The number of aromatic nitrogens is 2. The van der Waals surface area contributed by atoms with Gasteiger partial charge in [-0.1, -0.05) is 12.8 Å². The molecule has 0 saturated heterocycles. The van der Waals surface area contributed by atoms with Crippen LogP contribution in [-0.4, -0.2) is 33.2 Å². The van der Waals surface area contributed by atoms with E-state index in [-0.39, 0.29) is 36.6 Å². The lowest BCUT2D eigenvalue weighted by Crippen LogP contribution is -2.45. The van der Waals surface area contributed by atoms with Gasteiger partial charge in [-0.15, -0.1) is 12.4 Å². The van der Waals surface area contributed by atoms with Gasteiger partial charge in [-0.25, -0.2) is 0 Å². The van der Waals surface area contributed by atoms with Crippen LogP contribution in [0.2, 0.25) is 0 Å². The SMILES string of the molecule is Cl.NCC1CCCCC1NC(=O)Cn1cc([N+](=O)[O-])cn1. The zero-order chi connectivity index (χ0) is 14.5. The summed E-state index contributed by atoms with van der Waals surface area (Å²) >= 11 is 0. The first-order chi connectivity index (χ1) is 9.60. The lowest BCUT2D eigenvalue weighted by molar-refractivity contribution is -0.385. The summed E-state index contributed by atoms with van der Waals surface area (Å²) in [5, 5.41) is 17.3. The van der Waals surface area contributed by atoms with Gasteiger partial charge in [0.2, 0.25) is 5.91 Å². The monoisotopic (exact) mass is 317 g/mol. The Morgan fingerprint density at radius 2 is 2.24 bits per heavy atom. The lowest BCUT2D eigenvalue weighted by Gasteiger charge is -2.31. The summed E-state index contributed by atoms with van der Waals surface area (Å²) in [7, 11) is 0. The molecule has 1 fully saturated rings. The molecule has 1 saturated carbocycles. The van der Waals surface area contributed by atoms with Crippen LogP contribution in [0.15, 0.2) is 12.4 Å². The molecule has 0 bridgehead atoms. The molecule has 1 aromatic heterocycles. The minimum atomic E-state index is -0.535. The molecule has 2 unspecified atom stereocenters. The molecule has 0 aromatic carbocycles. The van der Waals surface area contributed by atoms with Gasteiger partial charge in [-0.3, -0.25) is 19.6 Å². The van der Waals surface area contributed by atoms with Crippen LogP contribution < -0.4 is 11.1 Å². The number of nitrogens with one attached hydrogen (secondary N) is 1. The average Bonchev–Trinajstić information content (AvgIpc) is 2.88. The quantitative estimate of drug-likeness (QED) is 0.616. The van der Waals surface area contributed by atoms with Crippen LogP contribution in [0.4, 0.5) is 5.69 Å². The molecule has 0 radical (unpaired) electrons. The number of nitrogens with two attached hydrogens (primary N) is 1. The third-order valence-electron chi connectivity index (χ3n) is 3.69. The molecule has 1 aromatic rings. The van der Waals surface area contributed by atoms with E-state index in [0.717, 1.165) is 31.9 Å². The maximum absolute atomic E-state index is 11.9. The van der Waals surface area contributed by atoms with Gasteiger partial charge < -0.3 is 11.1 Å². The smallest absolute Gasteiger partial charge is 0.307 e. The van der Waals surface area contributed by atoms with Crippen LogP contribution in [0.1, 0.15) is 25.7 Å². The van der Waals surface area contributed by atoms with Crippen molar-refractivity contribution in [2.24, 2.45) is 11.7 Å². The van der Waals surface area contributed by atoms with Crippen LogP contribution in [-0.2, 0) is 11.3 Å². The third-order valence-corrected chi connectivity index (χ3v) is 3.69. The van der Waals surface area contributed by atoms with Gasteiger partial charge in [0.1, 0.15) is 18.9 Å². The molecule has 1 heterocycles. The molecule has 2 rings (SSSR count). The minimum Gasteiger partial charge on any atom is -0.351 e. The number of nitro groups is 1. The van der Waals surface area contributed by atoms with Gasteiger partial charge in [0.25, 0.3) is 0 Å². The summed E-state index contributed by atoms with van der Waals surface area (Å²) in [6.07, 6.45) is 6.60. The van der Waals surface area contributed by atoms with E-state index < -0.39 is 4.92 Å². The van der Waals surface area contributed by atoms with Crippen molar-refractivity contribution in [2.45, 2.75) is 38.3 Å². The van der Waals surface area contributed by atoms with Gasteiger partial charge in [0.15, 0.2) is 0 Å². The zero-order valence-electron chi connectivity index (χ0n) is 11.6. The molecular formula is C12H20ClN5O3. The normalized spacial score (nSPS) is 21.4. The molecule has 118 valence electrons. The highest BCUT2D eigenvalue weighted by atomic mass is 35.5. The first-order valence-corrected chi connectivity index (χ1v) is 6.76. The molecule has 1 amide bonds. The van der Waals surface area contributed by atoms with E-state index in [9.17, 15) is 14.9 Å². The van der Waals surface area contributed by atoms with Gasteiger partial charge in [0, 0.05) is 6.04 Å². The number of hydrogen-bond donors (Lipinski definition) is 2. The van der Waals surface area contributed by atoms with Gasteiger partial charge in [-0.2, -0.15) is 5.10 Å². The Morgan fingerprint density at radius 1 is 1.52 bits per heavy atom. The first-order valence-electron chi connectivity index (χ1n) is 6.76. The predicted molar refractivity (Wildman–Crippen MR) is 79.1 cm³/mol. The maximum Gasteiger partial charge on any atom is 0.307 e. The van der Waals surface area contributed by atoms with Crippen LogP contribution in [0, 0.1) is 16.0 Å². The van der Waals surface area contributed by atoms with E-state index in [4.69, 9.17) is 5.73 Å². The summed E-state index contributed by atoms with van der Waals surface area (Å²) in [6, 6.07) is 0.104. The van der Waals surface area contributed by atoms with Crippen LogP contribution in [0.5, 0.6) is 0 Å². The van der Waals surface area contributed by atoms with Gasteiger partial charge in [-0.05, 0) is 25.3 Å². The van der Waals surface area contributed by atoms with E-state index in [1.54, 1.807) is 0 Å². The van der Waals surface area contributed by atoms with E-state index in [2.05, 4.69) is 10.4 Å². The molecule has 1 aliphatic rings. The van der Waals surface area contributed by atoms with E-state index in [0.29, 0.717) is 12.5 Å². The van der Waals surface area contributed by atoms with Crippen LogP contribution >= 0.6 is 12.4 Å². The molecule has 0 aliphatic heterocycles. The Labute approximate surface area is 128 Å². The molecule has 8 nitrogen and oxygen atoms in total. The predicted octanol–water partition coefficient (Wildman–Crippen LogP) is 0.847. The highest BCUT2D eigenvalue weighted by Gasteiger charge is 2.25. The van der Waals surface area contributed by atoms with Crippen molar-refractivity contribution in [3.8, 4) is 0 Å². The molecule has 3 N–H and O–H groups in total. The number of carbonyl (C=O) groups is 1. The Bertz CT molecular complexity index is 493. The number of hydrogen-bond acceptors (Lipinski definition) is 5. The Hall–Kier alpha value is -1.67. The third kappa shape index (κ3) is 4.68. The number of nitrogens with zero attached hydrogens (tertiary/aromatic N) is 3. The molecule has 2 atom stereocenters. The van der Waals surface area contributed by atoms with Crippen molar-refractivity contribution in [2.75, 3.05) is 6.54 Å². The zero-order valence-corrected chi connectivity index (χ0v) is 12.4. The van der Waals surface area contributed by atoms with Gasteiger partial charge >= 0.3 is 5.69 Å². The highest BCUT2D eigenvalue weighted by Crippen LogP contribution is 2.23. The van der Waals surface area contributed by atoms with Crippen molar-refractivity contribution >= 4 is 24.0 Å². The number of amides is 1. The van der Waals surface area contributed by atoms with Gasteiger partial charge in [0.05, 0.1) is 4.92 Å². The average molecular weight is 318 g/mol. The van der Waals surface area contributed by atoms with Crippen LogP contribution in [0.25, 0.3) is 0 Å². The second kappa shape index (κ2) is 7.94. The fraction of sp³-hybridized carbons (Fsp3) is 0.667. The number of rotatable bonds is 5. The number of halogens is 1. The first kappa shape index (κ1) is 17.4. The fourth-order valence-electron chi connectivity index (χ4n) is 2.61. The molecular weight excluding hydrogens is 298 g/mol. The topological polar surface area (TPSA) is 116 Å². The fourth-order valence-corrected chi connectivity index (χ4v) is 2.61. The van der Waals surface area contributed by atoms with Crippen molar-refractivity contribution in [1.29, 1.82) is 0 Å². The van der Waals surface area contributed by atoms with Crippen molar-refractivity contribution in [3.05, 3.63) is 22.5 Å². The minimum absolute atomic E-state index is 0. The van der Waals surface area contributed by atoms with E-state index >= 15 is 0 Å². The second-order valence-corrected chi connectivity index (χ2v) is 5.11. The molecule has 21 heavy (non-hydrogen) atoms. The van der Waals surface area contributed by atoms with Crippen LogP contribution in [0.3, 0.4) is 0 Å².